The molecule has 2 rings (SSSR count). The molecule has 1 aromatic heterocycles. The van der Waals surface area contributed by atoms with Crippen LogP contribution in [0, 0.1) is 0 Å². The molecule has 0 saturated heterocycles. The minimum absolute atomic E-state index is 0. The van der Waals surface area contributed by atoms with Crippen LogP contribution in [-0.4, -0.2) is 24.6 Å². The Labute approximate surface area is 154 Å². The molecule has 130 valence electrons. The molecular formula is C16H26IN3O3. The van der Waals surface area contributed by atoms with E-state index in [1.165, 1.54) is 25.7 Å². The molecule has 0 aromatic carbocycles. The van der Waals surface area contributed by atoms with Crippen LogP contribution < -0.4 is 11.1 Å². The van der Waals surface area contributed by atoms with Gasteiger partial charge in [0.1, 0.15) is 12.3 Å². The van der Waals surface area contributed by atoms with Crippen LogP contribution in [0.15, 0.2) is 21.5 Å². The smallest absolute Gasteiger partial charge is 0.374 e. The topological polar surface area (TPSA) is 89.8 Å². The van der Waals surface area contributed by atoms with Gasteiger partial charge in [0, 0.05) is 6.04 Å². The zero-order valence-electron chi connectivity index (χ0n) is 13.5. The minimum Gasteiger partial charge on any atom is -0.460 e. The van der Waals surface area contributed by atoms with Crippen molar-refractivity contribution in [2.24, 2.45) is 10.7 Å². The Balaban J connectivity index is 0.00000264. The maximum atomic E-state index is 11.5. The van der Waals surface area contributed by atoms with E-state index in [1.54, 1.807) is 19.1 Å². The second-order valence-corrected chi connectivity index (χ2v) is 5.52. The average Bonchev–Trinajstić information content (AvgIpc) is 2.84. The standard InChI is InChI=1S/C16H25N3O3.HI/c1-2-21-15(20)14-10-9-13(22-14)11-18-16(17)19-12-7-5-3-4-6-8-12;/h9-10,12H,2-8,11H2,1H3,(H3,17,18,19);1H. The van der Waals surface area contributed by atoms with Crippen molar-refractivity contribution in [2.45, 2.75) is 58.0 Å². The lowest BCUT2D eigenvalue weighted by molar-refractivity contribution is 0.0488. The molecule has 7 heteroatoms. The second-order valence-electron chi connectivity index (χ2n) is 5.52. The summed E-state index contributed by atoms with van der Waals surface area (Å²) in [6, 6.07) is 3.73. The second kappa shape index (κ2) is 10.5. The first-order chi connectivity index (χ1) is 10.7. The molecule has 0 unspecified atom stereocenters. The van der Waals surface area contributed by atoms with Gasteiger partial charge in [-0.1, -0.05) is 25.7 Å². The number of nitrogens with two attached hydrogens (primary N) is 1. The van der Waals surface area contributed by atoms with Gasteiger partial charge in [0.05, 0.1) is 6.61 Å². The predicted octanol–water partition coefficient (Wildman–Crippen LogP) is 3.20. The fraction of sp³-hybridized carbons (Fsp3) is 0.625. The number of halogens is 1. The van der Waals surface area contributed by atoms with Gasteiger partial charge in [-0.05, 0) is 31.9 Å². The number of aliphatic imine (C=N–C) groups is 1. The molecule has 1 aliphatic carbocycles. The van der Waals surface area contributed by atoms with Gasteiger partial charge < -0.3 is 20.2 Å². The highest BCUT2D eigenvalue weighted by atomic mass is 127. The summed E-state index contributed by atoms with van der Waals surface area (Å²) in [6.07, 6.45) is 7.38. The quantitative estimate of drug-likeness (QED) is 0.244. The Hall–Kier alpha value is -1.25. The van der Waals surface area contributed by atoms with Crippen molar-refractivity contribution in [3.8, 4) is 0 Å². The third-order valence-corrected chi connectivity index (χ3v) is 3.75. The van der Waals surface area contributed by atoms with Crippen molar-refractivity contribution in [1.29, 1.82) is 0 Å². The molecule has 6 nitrogen and oxygen atoms in total. The van der Waals surface area contributed by atoms with Gasteiger partial charge >= 0.3 is 5.97 Å². The summed E-state index contributed by atoms with van der Waals surface area (Å²) in [5.41, 5.74) is 5.92. The van der Waals surface area contributed by atoms with Gasteiger partial charge in [-0.15, -0.1) is 24.0 Å². The van der Waals surface area contributed by atoms with Crippen molar-refractivity contribution in [1.82, 2.24) is 5.32 Å². The van der Waals surface area contributed by atoms with Crippen LogP contribution in [0.1, 0.15) is 61.8 Å². The molecule has 0 bridgehead atoms. The Bertz CT molecular complexity index is 508. The van der Waals surface area contributed by atoms with Crippen LogP contribution in [0.2, 0.25) is 0 Å². The molecule has 0 radical (unpaired) electrons. The van der Waals surface area contributed by atoms with Crippen molar-refractivity contribution in [3.05, 3.63) is 23.7 Å². The highest BCUT2D eigenvalue weighted by Crippen LogP contribution is 2.17. The number of hydrogen-bond acceptors (Lipinski definition) is 4. The lowest BCUT2D eigenvalue weighted by Crippen LogP contribution is -2.39. The Morgan fingerprint density at radius 3 is 2.70 bits per heavy atom. The molecule has 1 saturated carbocycles. The zero-order valence-corrected chi connectivity index (χ0v) is 15.9. The summed E-state index contributed by atoms with van der Waals surface area (Å²) in [5.74, 6) is 0.763. The van der Waals surface area contributed by atoms with E-state index in [1.807, 2.05) is 0 Å². The van der Waals surface area contributed by atoms with E-state index in [9.17, 15) is 4.79 Å². The van der Waals surface area contributed by atoms with Crippen LogP contribution in [0.5, 0.6) is 0 Å². The first-order valence-corrected chi connectivity index (χ1v) is 8.01. The summed E-state index contributed by atoms with van der Waals surface area (Å²) < 4.78 is 10.3. The molecular weight excluding hydrogens is 409 g/mol. The van der Waals surface area contributed by atoms with Crippen LogP contribution >= 0.6 is 24.0 Å². The summed E-state index contributed by atoms with van der Waals surface area (Å²) in [4.78, 5) is 15.8. The zero-order chi connectivity index (χ0) is 15.8. The lowest BCUT2D eigenvalue weighted by atomic mass is 10.1. The summed E-state index contributed by atoms with van der Waals surface area (Å²) >= 11 is 0. The summed E-state index contributed by atoms with van der Waals surface area (Å²) in [6.45, 7) is 2.39. The van der Waals surface area contributed by atoms with E-state index in [0.29, 0.717) is 30.9 Å². The Morgan fingerprint density at radius 1 is 1.35 bits per heavy atom. The molecule has 1 heterocycles. The average molecular weight is 435 g/mol. The van der Waals surface area contributed by atoms with Crippen molar-refractivity contribution in [2.75, 3.05) is 6.61 Å². The lowest BCUT2D eigenvalue weighted by Gasteiger charge is -2.16. The molecule has 0 atom stereocenters. The van der Waals surface area contributed by atoms with Gasteiger partial charge in [0.15, 0.2) is 5.96 Å². The fourth-order valence-corrected chi connectivity index (χ4v) is 2.62. The van der Waals surface area contributed by atoms with E-state index >= 15 is 0 Å². The third kappa shape index (κ3) is 6.80. The summed E-state index contributed by atoms with van der Waals surface area (Å²) in [5, 5.41) is 3.27. The third-order valence-electron chi connectivity index (χ3n) is 3.75. The van der Waals surface area contributed by atoms with Gasteiger partial charge in [0.2, 0.25) is 5.76 Å². The monoisotopic (exact) mass is 435 g/mol. The largest absolute Gasteiger partial charge is 0.460 e. The minimum atomic E-state index is -0.456. The maximum Gasteiger partial charge on any atom is 0.374 e. The van der Waals surface area contributed by atoms with Crippen molar-refractivity contribution in [3.63, 3.8) is 0 Å². The molecule has 0 amide bonds. The van der Waals surface area contributed by atoms with Crippen molar-refractivity contribution < 1.29 is 13.9 Å². The van der Waals surface area contributed by atoms with Gasteiger partial charge in [-0.2, -0.15) is 0 Å². The first kappa shape index (κ1) is 19.8. The molecule has 1 aromatic rings. The molecule has 0 aliphatic heterocycles. The number of hydrogen-bond donors (Lipinski definition) is 2. The molecule has 3 N–H and O–H groups in total. The number of nitrogens with one attached hydrogen (secondary N) is 1. The number of esters is 1. The van der Waals surface area contributed by atoms with Gasteiger partial charge in [0.25, 0.3) is 0 Å². The van der Waals surface area contributed by atoms with Crippen molar-refractivity contribution >= 4 is 35.9 Å². The highest BCUT2D eigenvalue weighted by molar-refractivity contribution is 14.0. The normalized spacial score (nSPS) is 16.3. The van der Waals surface area contributed by atoms with E-state index in [4.69, 9.17) is 14.9 Å². The summed E-state index contributed by atoms with van der Waals surface area (Å²) in [7, 11) is 0. The van der Waals surface area contributed by atoms with E-state index in [2.05, 4.69) is 10.3 Å². The fourth-order valence-electron chi connectivity index (χ4n) is 2.62. The van der Waals surface area contributed by atoms with E-state index in [0.717, 1.165) is 12.8 Å². The molecule has 0 spiro atoms. The van der Waals surface area contributed by atoms with E-state index < -0.39 is 5.97 Å². The van der Waals surface area contributed by atoms with Crippen LogP contribution in [0.25, 0.3) is 0 Å². The van der Waals surface area contributed by atoms with Crippen LogP contribution in [0.4, 0.5) is 0 Å². The van der Waals surface area contributed by atoms with E-state index in [-0.39, 0.29) is 29.7 Å². The van der Waals surface area contributed by atoms with Gasteiger partial charge in [-0.3, -0.25) is 0 Å². The Kier molecular flexibility index (Phi) is 9.05. The number of rotatable bonds is 5. The number of carbonyl (C=O) groups excluding carboxylic acids is 1. The van der Waals surface area contributed by atoms with Crippen LogP contribution in [0.3, 0.4) is 0 Å². The number of furan rings is 1. The predicted molar refractivity (Wildman–Crippen MR) is 100 cm³/mol. The SMILES string of the molecule is CCOC(=O)c1ccc(CN=C(N)NC2CCCCCC2)o1.I. The molecule has 1 fully saturated rings. The highest BCUT2D eigenvalue weighted by Gasteiger charge is 2.13. The number of guanidine groups is 1. The van der Waals surface area contributed by atoms with Crippen LogP contribution in [-0.2, 0) is 11.3 Å². The number of carbonyl (C=O) groups is 1. The first-order valence-electron chi connectivity index (χ1n) is 8.01. The molecule has 1 aliphatic rings. The van der Waals surface area contributed by atoms with Gasteiger partial charge in [-0.25, -0.2) is 9.79 Å². The Morgan fingerprint density at radius 2 is 2.04 bits per heavy atom. The maximum absolute atomic E-state index is 11.5. The molecule has 23 heavy (non-hydrogen) atoms. The number of nitrogens with zero attached hydrogens (tertiary/aromatic N) is 1. The number of ether oxygens (including phenoxy) is 1.